The topological polar surface area (TPSA) is 75.7 Å². The summed E-state index contributed by atoms with van der Waals surface area (Å²) in [4.78, 5) is 39.9. The van der Waals surface area contributed by atoms with Crippen molar-refractivity contribution in [2.75, 3.05) is 16.8 Å². The van der Waals surface area contributed by atoms with Gasteiger partial charge in [-0.05, 0) is 55.5 Å². The Morgan fingerprint density at radius 1 is 1.16 bits per heavy atom. The number of carbonyl (C=O) groups is 3. The van der Waals surface area contributed by atoms with Crippen molar-refractivity contribution in [3.63, 3.8) is 0 Å². The average Bonchev–Trinajstić information content (AvgIpc) is 3.41. The largest absolute Gasteiger partial charge is 0.462 e. The van der Waals surface area contributed by atoms with Crippen LogP contribution in [0.25, 0.3) is 0 Å². The molecule has 0 aromatic heterocycles. The number of anilines is 2. The molecule has 6 nitrogen and oxygen atoms in total. The summed E-state index contributed by atoms with van der Waals surface area (Å²) in [6, 6.07) is 12.8. The predicted molar refractivity (Wildman–Crippen MR) is 117 cm³/mol. The molecular formula is C25H25FN2O4. The lowest BCUT2D eigenvalue weighted by Gasteiger charge is -2.24. The van der Waals surface area contributed by atoms with Crippen LogP contribution in [0, 0.1) is 29.5 Å². The minimum absolute atomic E-state index is 0.0227. The van der Waals surface area contributed by atoms with E-state index in [2.05, 4.69) is 5.32 Å². The summed E-state index contributed by atoms with van der Waals surface area (Å²) in [5.74, 6) is -1.70. The Labute approximate surface area is 185 Å². The molecule has 1 saturated heterocycles. The highest BCUT2D eigenvalue weighted by molar-refractivity contribution is 6.07. The maximum atomic E-state index is 14.4. The van der Waals surface area contributed by atoms with Crippen LogP contribution in [0.4, 0.5) is 15.8 Å². The Hall–Kier alpha value is -3.22. The van der Waals surface area contributed by atoms with E-state index in [0.29, 0.717) is 24.2 Å². The van der Waals surface area contributed by atoms with Gasteiger partial charge in [0, 0.05) is 23.7 Å². The fraction of sp³-hybridized carbons (Fsp3) is 0.400. The fourth-order valence-electron chi connectivity index (χ4n) is 5.70. The zero-order valence-electron chi connectivity index (χ0n) is 17.8. The molecule has 1 N–H and O–H groups in total. The number of esters is 1. The third-order valence-electron chi connectivity index (χ3n) is 7.00. The Morgan fingerprint density at radius 3 is 2.75 bits per heavy atom. The van der Waals surface area contributed by atoms with Crippen LogP contribution in [0.5, 0.6) is 0 Å². The van der Waals surface area contributed by atoms with Crippen LogP contribution < -0.4 is 10.2 Å². The highest BCUT2D eigenvalue weighted by Crippen LogP contribution is 2.57. The second kappa shape index (κ2) is 8.04. The zero-order chi connectivity index (χ0) is 22.4. The summed E-state index contributed by atoms with van der Waals surface area (Å²) in [6.45, 7) is 2.29. The number of ether oxygens (including phenoxy) is 1. The van der Waals surface area contributed by atoms with Crippen LogP contribution in [0.15, 0.2) is 48.5 Å². The number of fused-ring (bicyclic) bond motifs is 1. The molecule has 2 saturated carbocycles. The van der Waals surface area contributed by atoms with E-state index in [0.717, 1.165) is 12.8 Å². The first-order chi connectivity index (χ1) is 15.5. The molecule has 2 aliphatic carbocycles. The Kier molecular flexibility index (Phi) is 5.19. The van der Waals surface area contributed by atoms with Crippen molar-refractivity contribution >= 4 is 29.2 Å². The number of hydrogen-bond donors (Lipinski definition) is 1. The Balaban J connectivity index is 1.35. The molecule has 0 radical (unpaired) electrons. The lowest BCUT2D eigenvalue weighted by molar-refractivity contribution is -0.145. The van der Waals surface area contributed by atoms with Crippen molar-refractivity contribution in [3.8, 4) is 0 Å². The van der Waals surface area contributed by atoms with E-state index >= 15 is 0 Å². The fourth-order valence-corrected chi connectivity index (χ4v) is 5.70. The van der Waals surface area contributed by atoms with E-state index in [-0.39, 0.29) is 53.2 Å². The van der Waals surface area contributed by atoms with Crippen molar-refractivity contribution in [2.24, 2.45) is 23.7 Å². The number of carbonyl (C=O) groups excluding carboxylic acids is 3. The van der Waals surface area contributed by atoms with Gasteiger partial charge in [0.1, 0.15) is 11.9 Å². The van der Waals surface area contributed by atoms with Gasteiger partial charge in [-0.3, -0.25) is 14.4 Å². The first kappa shape index (κ1) is 20.7. The molecule has 2 aromatic carbocycles. The molecule has 3 fully saturated rings. The third-order valence-corrected chi connectivity index (χ3v) is 7.00. The van der Waals surface area contributed by atoms with Gasteiger partial charge in [-0.1, -0.05) is 25.1 Å². The van der Waals surface area contributed by atoms with Crippen LogP contribution in [0.2, 0.25) is 0 Å². The summed E-state index contributed by atoms with van der Waals surface area (Å²) in [6.07, 6.45) is 2.24. The van der Waals surface area contributed by atoms with Gasteiger partial charge in [0.2, 0.25) is 5.91 Å². The van der Waals surface area contributed by atoms with E-state index in [9.17, 15) is 18.8 Å². The normalized spacial score (nSPS) is 27.3. The number of amides is 2. The molecule has 5 atom stereocenters. The first-order valence-electron chi connectivity index (χ1n) is 11.2. The molecule has 166 valence electrons. The van der Waals surface area contributed by atoms with Gasteiger partial charge >= 0.3 is 5.97 Å². The Bertz CT molecular complexity index is 1090. The summed E-state index contributed by atoms with van der Waals surface area (Å²) < 4.78 is 19.8. The minimum Gasteiger partial charge on any atom is -0.462 e. The van der Waals surface area contributed by atoms with Crippen molar-refractivity contribution in [1.29, 1.82) is 0 Å². The van der Waals surface area contributed by atoms with E-state index < -0.39 is 5.82 Å². The lowest BCUT2D eigenvalue weighted by atomic mass is 9.79. The van der Waals surface area contributed by atoms with Crippen LogP contribution in [0.3, 0.4) is 0 Å². The zero-order valence-corrected chi connectivity index (χ0v) is 17.8. The number of para-hydroxylation sites is 1. The monoisotopic (exact) mass is 436 g/mol. The van der Waals surface area contributed by atoms with E-state index in [1.165, 1.54) is 11.0 Å². The molecule has 1 aliphatic heterocycles. The standard InChI is InChI=1S/C25H25FN2O4/c1-2-10-28(19-9-4-3-8-18(19)26)24(30)14-6-5-7-16(11-14)27-23(29)21-15-12-17-20(13-15)32-25(31)22(17)21/h3-9,11,15,17,20-22H,2,10,12-13H2,1H3,(H,27,29). The third kappa shape index (κ3) is 3.36. The lowest BCUT2D eigenvalue weighted by Crippen LogP contribution is -2.36. The van der Waals surface area contributed by atoms with Gasteiger partial charge in [0.05, 0.1) is 17.5 Å². The average molecular weight is 436 g/mol. The molecule has 5 rings (SSSR count). The molecular weight excluding hydrogens is 411 g/mol. The molecule has 7 heteroatoms. The van der Waals surface area contributed by atoms with E-state index in [1.54, 1.807) is 42.5 Å². The van der Waals surface area contributed by atoms with Gasteiger partial charge in [-0.2, -0.15) is 0 Å². The van der Waals surface area contributed by atoms with Crippen molar-refractivity contribution < 1.29 is 23.5 Å². The predicted octanol–water partition coefficient (Wildman–Crippen LogP) is 4.02. The van der Waals surface area contributed by atoms with Crippen molar-refractivity contribution in [3.05, 3.63) is 59.9 Å². The molecule has 0 spiro atoms. The molecule has 5 unspecified atom stereocenters. The maximum Gasteiger partial charge on any atom is 0.310 e. The summed E-state index contributed by atoms with van der Waals surface area (Å²) in [5, 5.41) is 2.90. The van der Waals surface area contributed by atoms with Gasteiger partial charge < -0.3 is 15.0 Å². The molecule has 2 amide bonds. The number of benzene rings is 2. The molecule has 3 aliphatic rings. The number of nitrogens with one attached hydrogen (secondary N) is 1. The summed E-state index contributed by atoms with van der Waals surface area (Å²) >= 11 is 0. The van der Waals surface area contributed by atoms with Gasteiger partial charge in [-0.15, -0.1) is 0 Å². The molecule has 2 aromatic rings. The second-order valence-electron chi connectivity index (χ2n) is 8.90. The SMILES string of the molecule is CCCN(C(=O)c1cccc(NC(=O)C2C3CC4OC(=O)C2C4C3)c1)c1ccccc1F. The highest BCUT2D eigenvalue weighted by Gasteiger charge is 2.63. The highest BCUT2D eigenvalue weighted by atomic mass is 19.1. The first-order valence-corrected chi connectivity index (χ1v) is 11.2. The summed E-state index contributed by atoms with van der Waals surface area (Å²) in [5.41, 5.74) is 1.06. The number of rotatable bonds is 6. The van der Waals surface area contributed by atoms with Crippen LogP contribution in [-0.4, -0.2) is 30.4 Å². The smallest absolute Gasteiger partial charge is 0.310 e. The van der Waals surface area contributed by atoms with Gasteiger partial charge in [-0.25, -0.2) is 4.39 Å². The van der Waals surface area contributed by atoms with E-state index in [4.69, 9.17) is 4.74 Å². The summed E-state index contributed by atoms with van der Waals surface area (Å²) in [7, 11) is 0. The molecule has 1 heterocycles. The second-order valence-corrected chi connectivity index (χ2v) is 8.90. The number of nitrogens with zero attached hydrogens (tertiary/aromatic N) is 1. The van der Waals surface area contributed by atoms with Crippen molar-refractivity contribution in [2.45, 2.75) is 32.3 Å². The minimum atomic E-state index is -0.461. The van der Waals surface area contributed by atoms with Crippen LogP contribution in [-0.2, 0) is 14.3 Å². The van der Waals surface area contributed by atoms with E-state index in [1.807, 2.05) is 6.92 Å². The number of halogens is 1. The Morgan fingerprint density at radius 2 is 1.97 bits per heavy atom. The molecule has 2 bridgehead atoms. The van der Waals surface area contributed by atoms with Crippen LogP contribution in [0.1, 0.15) is 36.5 Å². The van der Waals surface area contributed by atoms with Gasteiger partial charge in [0.15, 0.2) is 0 Å². The van der Waals surface area contributed by atoms with Crippen LogP contribution >= 0.6 is 0 Å². The quantitative estimate of drug-likeness (QED) is 0.694. The number of hydrogen-bond acceptors (Lipinski definition) is 4. The maximum absolute atomic E-state index is 14.4. The molecule has 32 heavy (non-hydrogen) atoms. The van der Waals surface area contributed by atoms with Crippen molar-refractivity contribution in [1.82, 2.24) is 0 Å². The van der Waals surface area contributed by atoms with Gasteiger partial charge in [0.25, 0.3) is 5.91 Å².